The average molecular weight is 527 g/mol. The van der Waals surface area contributed by atoms with Gasteiger partial charge in [0.25, 0.3) is 0 Å². The van der Waals surface area contributed by atoms with E-state index in [4.69, 9.17) is 0 Å². The van der Waals surface area contributed by atoms with Crippen molar-refractivity contribution in [2.45, 2.75) is 66.5 Å². The molecule has 0 atom stereocenters. The zero-order chi connectivity index (χ0) is 27.6. The summed E-state index contributed by atoms with van der Waals surface area (Å²) in [6.07, 6.45) is 4.24. The van der Waals surface area contributed by atoms with E-state index >= 15 is 0 Å². The highest BCUT2D eigenvalue weighted by Crippen LogP contribution is 2.55. The smallest absolute Gasteiger partial charge is 0.0615 e. The summed E-state index contributed by atoms with van der Waals surface area (Å²) in [7, 11) is -2.11. The van der Waals surface area contributed by atoms with Gasteiger partial charge in [0.2, 0.25) is 0 Å². The van der Waals surface area contributed by atoms with E-state index in [-0.39, 0.29) is 0 Å². The molecule has 0 fully saturated rings. The van der Waals surface area contributed by atoms with Crippen LogP contribution in [-0.2, 0) is 25.7 Å². The first-order valence-electron chi connectivity index (χ1n) is 14.8. The van der Waals surface area contributed by atoms with Crippen LogP contribution in [0.15, 0.2) is 97.1 Å². The van der Waals surface area contributed by atoms with Crippen LogP contribution in [0, 0.1) is 0 Å². The molecular formula is C38H42Si. The Balaban J connectivity index is 1.85. The summed E-state index contributed by atoms with van der Waals surface area (Å²) in [6, 6.07) is 37.6. The molecular weight excluding hydrogens is 485 g/mol. The van der Waals surface area contributed by atoms with Gasteiger partial charge in [0, 0.05) is 0 Å². The Morgan fingerprint density at radius 3 is 0.821 bits per heavy atom. The molecule has 0 amide bonds. The minimum atomic E-state index is -2.11. The molecule has 1 heteroatoms. The summed E-state index contributed by atoms with van der Waals surface area (Å²) >= 11 is 0. The molecule has 198 valence electrons. The minimum absolute atomic E-state index is 1.06. The number of aryl methyl sites for hydroxylation is 4. The normalized spacial score (nSPS) is 14.8. The Bertz CT molecular complexity index is 1380. The van der Waals surface area contributed by atoms with Crippen LogP contribution in [0.3, 0.4) is 0 Å². The van der Waals surface area contributed by atoms with E-state index in [9.17, 15) is 0 Å². The fraction of sp³-hybridized carbons (Fsp3) is 0.263. The van der Waals surface area contributed by atoms with Gasteiger partial charge in [-0.15, -0.1) is 0 Å². The molecule has 39 heavy (non-hydrogen) atoms. The second-order valence-electron chi connectivity index (χ2n) is 11.3. The first-order valence-corrected chi connectivity index (χ1v) is 17.8. The van der Waals surface area contributed by atoms with Gasteiger partial charge < -0.3 is 0 Å². The summed E-state index contributed by atoms with van der Waals surface area (Å²) in [6.45, 7) is 14.1. The Morgan fingerprint density at radius 2 is 0.590 bits per heavy atom. The quantitative estimate of drug-likeness (QED) is 0.200. The first kappa shape index (κ1) is 27.2. The van der Waals surface area contributed by atoms with E-state index in [0.29, 0.717) is 0 Å². The second kappa shape index (κ2) is 11.4. The maximum Gasteiger partial charge on any atom is 0.115 e. The fourth-order valence-electron chi connectivity index (χ4n) is 6.22. The Kier molecular flexibility index (Phi) is 7.91. The molecule has 0 radical (unpaired) electrons. The molecule has 5 rings (SSSR count). The molecule has 1 aliphatic heterocycles. The highest BCUT2D eigenvalue weighted by molar-refractivity contribution is 7.13. The zero-order valence-electron chi connectivity index (χ0n) is 24.6. The number of allylic oxidation sites excluding steroid dienone is 2. The predicted molar refractivity (Wildman–Crippen MR) is 174 cm³/mol. The lowest BCUT2D eigenvalue weighted by Gasteiger charge is -2.27. The summed E-state index contributed by atoms with van der Waals surface area (Å²) in [4.78, 5) is 0. The van der Waals surface area contributed by atoms with E-state index in [1.165, 1.54) is 55.7 Å². The summed E-state index contributed by atoms with van der Waals surface area (Å²) in [5.41, 5.74) is 13.8. The molecule has 0 unspecified atom stereocenters. The molecule has 0 saturated heterocycles. The van der Waals surface area contributed by atoms with Crippen molar-refractivity contribution in [2.24, 2.45) is 0 Å². The highest BCUT2D eigenvalue weighted by atomic mass is 28.3. The lowest BCUT2D eigenvalue weighted by Crippen LogP contribution is -2.28. The van der Waals surface area contributed by atoms with Crippen LogP contribution >= 0.6 is 0 Å². The Morgan fingerprint density at radius 1 is 0.359 bits per heavy atom. The van der Waals surface area contributed by atoms with Gasteiger partial charge in [-0.25, -0.2) is 0 Å². The van der Waals surface area contributed by atoms with Gasteiger partial charge in [0.1, 0.15) is 8.07 Å². The van der Waals surface area contributed by atoms with Crippen molar-refractivity contribution in [1.29, 1.82) is 0 Å². The molecule has 0 spiro atoms. The first-order chi connectivity index (χ1) is 18.9. The van der Waals surface area contributed by atoms with Gasteiger partial charge in [0.05, 0.1) is 0 Å². The zero-order valence-corrected chi connectivity index (χ0v) is 25.6. The SMILES string of the molecule is CCc1ccc(C2=C(c3ccc(CC)cc3)[Si](C)(C)C(c3ccc(CC)cc3)=C2c2ccc(CC)cc2)cc1. The molecule has 4 aromatic rings. The van der Waals surface area contributed by atoms with E-state index in [0.717, 1.165) is 25.7 Å². The topological polar surface area (TPSA) is 0 Å². The van der Waals surface area contributed by atoms with Crippen LogP contribution in [0.1, 0.15) is 72.2 Å². The summed E-state index contributed by atoms with van der Waals surface area (Å²) in [5.74, 6) is 0. The average Bonchev–Trinajstić information content (AvgIpc) is 3.24. The largest absolute Gasteiger partial charge is 0.115 e. The van der Waals surface area contributed by atoms with Crippen molar-refractivity contribution < 1.29 is 0 Å². The monoisotopic (exact) mass is 526 g/mol. The van der Waals surface area contributed by atoms with E-state index in [1.807, 2.05) is 0 Å². The van der Waals surface area contributed by atoms with Gasteiger partial charge in [-0.2, -0.15) is 0 Å². The molecule has 0 saturated carbocycles. The third kappa shape index (κ3) is 5.13. The standard InChI is InChI=1S/C38H42Si/c1-7-27-11-19-31(20-12-27)35-36(32-21-13-28(8-2)14-22-32)38(34-25-17-30(10-4)18-26-34)39(5,6)37(35)33-23-15-29(9-3)16-24-33/h11-26H,7-10H2,1-6H3. The van der Waals surface area contributed by atoms with Gasteiger partial charge in [0.15, 0.2) is 0 Å². The van der Waals surface area contributed by atoms with Crippen LogP contribution in [-0.4, -0.2) is 8.07 Å². The van der Waals surface area contributed by atoms with Crippen LogP contribution in [0.5, 0.6) is 0 Å². The molecule has 0 N–H and O–H groups in total. The van der Waals surface area contributed by atoms with E-state index in [1.54, 1.807) is 10.4 Å². The molecule has 1 heterocycles. The van der Waals surface area contributed by atoms with Gasteiger partial charge in [-0.3, -0.25) is 0 Å². The van der Waals surface area contributed by atoms with E-state index < -0.39 is 8.07 Å². The minimum Gasteiger partial charge on any atom is -0.0615 e. The molecule has 0 bridgehead atoms. The fourth-order valence-corrected chi connectivity index (χ4v) is 10.0. The van der Waals surface area contributed by atoms with Crippen LogP contribution < -0.4 is 0 Å². The summed E-state index contributed by atoms with van der Waals surface area (Å²) < 4.78 is 0. The highest BCUT2D eigenvalue weighted by Gasteiger charge is 2.43. The van der Waals surface area contributed by atoms with Crippen molar-refractivity contribution in [1.82, 2.24) is 0 Å². The van der Waals surface area contributed by atoms with Crippen LogP contribution in [0.2, 0.25) is 13.1 Å². The molecule has 0 aromatic heterocycles. The van der Waals surface area contributed by atoms with Crippen LogP contribution in [0.25, 0.3) is 21.5 Å². The van der Waals surface area contributed by atoms with Crippen molar-refractivity contribution >= 4 is 29.6 Å². The number of rotatable bonds is 8. The predicted octanol–water partition coefficient (Wildman–Crippen LogP) is 10.3. The summed E-state index contributed by atoms with van der Waals surface area (Å²) in [5, 5.41) is 3.11. The molecule has 1 aliphatic rings. The van der Waals surface area contributed by atoms with E-state index in [2.05, 4.69) is 138 Å². The van der Waals surface area contributed by atoms with Crippen molar-refractivity contribution in [3.63, 3.8) is 0 Å². The Hall–Kier alpha value is -3.42. The van der Waals surface area contributed by atoms with Gasteiger partial charge >= 0.3 is 0 Å². The molecule has 4 aromatic carbocycles. The maximum atomic E-state index is 2.56. The number of hydrogen-bond acceptors (Lipinski definition) is 0. The second-order valence-corrected chi connectivity index (χ2v) is 15.6. The lowest BCUT2D eigenvalue weighted by atomic mass is 9.88. The number of hydrogen-bond donors (Lipinski definition) is 0. The van der Waals surface area contributed by atoms with Crippen molar-refractivity contribution in [3.8, 4) is 0 Å². The molecule has 0 aliphatic carbocycles. The number of benzene rings is 4. The lowest BCUT2D eigenvalue weighted by molar-refractivity contribution is 1.14. The molecule has 0 nitrogen and oxygen atoms in total. The van der Waals surface area contributed by atoms with Gasteiger partial charge in [-0.1, -0.05) is 138 Å². The van der Waals surface area contributed by atoms with Gasteiger partial charge in [-0.05, 0) is 91.7 Å². The third-order valence-electron chi connectivity index (χ3n) is 8.60. The maximum absolute atomic E-state index is 2.56. The Labute approximate surface area is 237 Å². The van der Waals surface area contributed by atoms with Crippen molar-refractivity contribution in [2.75, 3.05) is 0 Å². The third-order valence-corrected chi connectivity index (χ3v) is 12.2. The van der Waals surface area contributed by atoms with Crippen molar-refractivity contribution in [3.05, 3.63) is 142 Å². The van der Waals surface area contributed by atoms with Crippen LogP contribution in [0.4, 0.5) is 0 Å².